The van der Waals surface area contributed by atoms with Crippen LogP contribution in [0.2, 0.25) is 0 Å². The number of nitrogens with zero attached hydrogens (tertiary/aromatic N) is 1. The minimum atomic E-state index is -3.54. The first-order chi connectivity index (χ1) is 13.8. The predicted octanol–water partition coefficient (Wildman–Crippen LogP) is 2.76. The molecule has 1 aliphatic rings. The van der Waals surface area contributed by atoms with Crippen molar-refractivity contribution in [3.63, 3.8) is 0 Å². The molecule has 0 aromatic heterocycles. The number of amides is 1. The number of hydrogen-bond acceptors (Lipinski definition) is 5. The molecule has 1 atom stereocenters. The van der Waals surface area contributed by atoms with Crippen LogP contribution < -0.4 is 10.6 Å². The van der Waals surface area contributed by atoms with Crippen molar-refractivity contribution in [2.24, 2.45) is 0 Å². The van der Waals surface area contributed by atoms with Gasteiger partial charge in [-0.15, -0.1) is 0 Å². The molecule has 1 amide bonds. The highest BCUT2D eigenvalue weighted by Gasteiger charge is 2.26. The fraction of sp³-hybridized carbons (Fsp3) is 0.381. The van der Waals surface area contributed by atoms with Gasteiger partial charge in [-0.3, -0.25) is 4.79 Å². The summed E-state index contributed by atoms with van der Waals surface area (Å²) in [5.74, 6) is -0.202. The highest BCUT2D eigenvalue weighted by atomic mass is 32.2. The lowest BCUT2D eigenvalue weighted by Gasteiger charge is -2.26. The summed E-state index contributed by atoms with van der Waals surface area (Å²) in [6.45, 7) is 7.35. The van der Waals surface area contributed by atoms with Crippen LogP contribution in [-0.2, 0) is 19.6 Å². The summed E-state index contributed by atoms with van der Waals surface area (Å²) in [5, 5.41) is 6.00. The molecule has 0 bridgehead atoms. The molecule has 29 heavy (non-hydrogen) atoms. The van der Waals surface area contributed by atoms with Gasteiger partial charge in [0.1, 0.15) is 6.04 Å². The highest BCUT2D eigenvalue weighted by Crippen LogP contribution is 2.20. The van der Waals surface area contributed by atoms with E-state index < -0.39 is 16.1 Å². The van der Waals surface area contributed by atoms with Crippen LogP contribution in [0.15, 0.2) is 47.4 Å². The lowest BCUT2D eigenvalue weighted by Crippen LogP contribution is -2.40. The number of ether oxygens (including phenoxy) is 1. The molecular formula is C21H27N3O4S. The van der Waals surface area contributed by atoms with E-state index in [1.807, 2.05) is 32.0 Å². The number of aryl methyl sites for hydroxylation is 2. The van der Waals surface area contributed by atoms with E-state index in [0.717, 1.165) is 11.3 Å². The SMILES string of the molecule is Cc1ccc(N[C@H](C)C(=O)Nc2ccc(S(=O)(=O)N3CCOCC3)cc2)cc1C. The van der Waals surface area contributed by atoms with Gasteiger partial charge in [0.2, 0.25) is 15.9 Å². The number of rotatable bonds is 6. The molecule has 8 heteroatoms. The number of anilines is 2. The van der Waals surface area contributed by atoms with Crippen LogP contribution in [-0.4, -0.2) is 51.0 Å². The standard InChI is InChI=1S/C21H27N3O4S/c1-15-4-5-19(14-16(15)2)22-17(3)21(25)23-18-6-8-20(9-7-18)29(26,27)24-10-12-28-13-11-24/h4-9,14,17,22H,10-13H2,1-3H3,(H,23,25)/t17-/m1/s1. The maximum Gasteiger partial charge on any atom is 0.246 e. The molecular weight excluding hydrogens is 390 g/mol. The van der Waals surface area contributed by atoms with Gasteiger partial charge >= 0.3 is 0 Å². The summed E-state index contributed by atoms with van der Waals surface area (Å²) < 4.78 is 31.9. The van der Waals surface area contributed by atoms with Crippen LogP contribution >= 0.6 is 0 Å². The van der Waals surface area contributed by atoms with Gasteiger partial charge in [0.05, 0.1) is 18.1 Å². The van der Waals surface area contributed by atoms with Crippen molar-refractivity contribution in [1.29, 1.82) is 0 Å². The monoisotopic (exact) mass is 417 g/mol. The van der Waals surface area contributed by atoms with E-state index in [1.165, 1.54) is 22.0 Å². The van der Waals surface area contributed by atoms with Gasteiger partial charge in [-0.2, -0.15) is 4.31 Å². The van der Waals surface area contributed by atoms with Crippen molar-refractivity contribution >= 4 is 27.3 Å². The summed E-state index contributed by atoms with van der Waals surface area (Å²) >= 11 is 0. The summed E-state index contributed by atoms with van der Waals surface area (Å²) in [6.07, 6.45) is 0. The Morgan fingerprint density at radius 2 is 1.62 bits per heavy atom. The summed E-state index contributed by atoms with van der Waals surface area (Å²) in [4.78, 5) is 12.7. The van der Waals surface area contributed by atoms with Crippen molar-refractivity contribution in [2.75, 3.05) is 36.9 Å². The van der Waals surface area contributed by atoms with E-state index in [9.17, 15) is 13.2 Å². The van der Waals surface area contributed by atoms with Crippen molar-refractivity contribution in [3.05, 3.63) is 53.6 Å². The fourth-order valence-electron chi connectivity index (χ4n) is 3.04. The van der Waals surface area contributed by atoms with E-state index >= 15 is 0 Å². The first kappa shape index (κ1) is 21.3. The number of nitrogens with one attached hydrogen (secondary N) is 2. The minimum absolute atomic E-state index is 0.202. The van der Waals surface area contributed by atoms with E-state index in [0.29, 0.717) is 32.0 Å². The Hall–Kier alpha value is -2.42. The van der Waals surface area contributed by atoms with Crippen LogP contribution in [0.1, 0.15) is 18.1 Å². The summed E-state index contributed by atoms with van der Waals surface area (Å²) in [5.41, 5.74) is 3.77. The normalized spacial score (nSPS) is 16.2. The molecule has 1 saturated heterocycles. The second-order valence-electron chi connectivity index (χ2n) is 7.20. The third kappa shape index (κ3) is 5.14. The third-order valence-electron chi connectivity index (χ3n) is 5.01. The van der Waals surface area contributed by atoms with Gasteiger partial charge in [0, 0.05) is 24.5 Å². The molecule has 7 nitrogen and oxygen atoms in total. The first-order valence-corrected chi connectivity index (χ1v) is 11.0. The minimum Gasteiger partial charge on any atom is -0.379 e. The Bertz CT molecular complexity index is 968. The van der Waals surface area contributed by atoms with Crippen molar-refractivity contribution in [3.8, 4) is 0 Å². The largest absolute Gasteiger partial charge is 0.379 e. The van der Waals surface area contributed by atoms with Crippen LogP contribution in [0.4, 0.5) is 11.4 Å². The topological polar surface area (TPSA) is 87.7 Å². The molecule has 0 radical (unpaired) electrons. The van der Waals surface area contributed by atoms with Gasteiger partial charge in [0.15, 0.2) is 0 Å². The molecule has 1 fully saturated rings. The molecule has 2 N–H and O–H groups in total. The number of benzene rings is 2. The fourth-order valence-corrected chi connectivity index (χ4v) is 4.45. The van der Waals surface area contributed by atoms with Gasteiger partial charge in [-0.25, -0.2) is 8.42 Å². The zero-order valence-electron chi connectivity index (χ0n) is 16.9. The Morgan fingerprint density at radius 1 is 1.00 bits per heavy atom. The quantitative estimate of drug-likeness (QED) is 0.755. The molecule has 0 aliphatic carbocycles. The van der Waals surface area contributed by atoms with Gasteiger partial charge in [0.25, 0.3) is 0 Å². The van der Waals surface area contributed by atoms with E-state index in [2.05, 4.69) is 10.6 Å². The highest BCUT2D eigenvalue weighted by molar-refractivity contribution is 7.89. The Balaban J connectivity index is 1.62. The number of carbonyl (C=O) groups is 1. The Labute approximate surface area is 172 Å². The van der Waals surface area contributed by atoms with E-state index in [4.69, 9.17) is 4.74 Å². The number of carbonyl (C=O) groups excluding carboxylic acids is 1. The average Bonchev–Trinajstić information content (AvgIpc) is 2.72. The molecule has 0 unspecified atom stereocenters. The Morgan fingerprint density at radius 3 is 2.24 bits per heavy atom. The van der Waals surface area contributed by atoms with Crippen LogP contribution in [0.25, 0.3) is 0 Å². The van der Waals surface area contributed by atoms with Crippen molar-refractivity contribution in [2.45, 2.75) is 31.7 Å². The molecule has 2 aromatic carbocycles. The molecule has 0 saturated carbocycles. The Kier molecular flexibility index (Phi) is 6.56. The maximum absolute atomic E-state index is 12.7. The van der Waals surface area contributed by atoms with Crippen LogP contribution in [0.3, 0.4) is 0 Å². The summed E-state index contributed by atoms with van der Waals surface area (Å²) in [6, 6.07) is 11.7. The van der Waals surface area contributed by atoms with Gasteiger partial charge in [-0.1, -0.05) is 6.07 Å². The average molecular weight is 418 g/mol. The van der Waals surface area contributed by atoms with Crippen molar-refractivity contribution < 1.29 is 17.9 Å². The van der Waals surface area contributed by atoms with E-state index in [-0.39, 0.29) is 10.8 Å². The van der Waals surface area contributed by atoms with E-state index in [1.54, 1.807) is 19.1 Å². The molecule has 3 rings (SSSR count). The number of sulfonamides is 1. The molecule has 1 aliphatic heterocycles. The zero-order valence-corrected chi connectivity index (χ0v) is 17.8. The van der Waals surface area contributed by atoms with Crippen LogP contribution in [0.5, 0.6) is 0 Å². The second kappa shape index (κ2) is 8.94. The predicted molar refractivity (Wildman–Crippen MR) is 114 cm³/mol. The molecule has 2 aromatic rings. The molecule has 0 spiro atoms. The summed E-state index contributed by atoms with van der Waals surface area (Å²) in [7, 11) is -3.54. The number of hydrogen-bond donors (Lipinski definition) is 2. The van der Waals surface area contributed by atoms with Gasteiger partial charge in [-0.05, 0) is 68.3 Å². The van der Waals surface area contributed by atoms with Gasteiger partial charge < -0.3 is 15.4 Å². The molecule has 1 heterocycles. The second-order valence-corrected chi connectivity index (χ2v) is 9.13. The lowest BCUT2D eigenvalue weighted by molar-refractivity contribution is -0.116. The smallest absolute Gasteiger partial charge is 0.246 e. The lowest BCUT2D eigenvalue weighted by atomic mass is 10.1. The zero-order chi connectivity index (χ0) is 21.0. The maximum atomic E-state index is 12.7. The third-order valence-corrected chi connectivity index (χ3v) is 6.93. The number of morpholine rings is 1. The van der Waals surface area contributed by atoms with Crippen molar-refractivity contribution in [1.82, 2.24) is 4.31 Å². The first-order valence-electron chi connectivity index (χ1n) is 9.60. The molecule has 156 valence electrons. The van der Waals surface area contributed by atoms with Crippen LogP contribution in [0, 0.1) is 13.8 Å².